The lowest BCUT2D eigenvalue weighted by molar-refractivity contribution is 0.553. The summed E-state index contributed by atoms with van der Waals surface area (Å²) < 4.78 is 30.4. The van der Waals surface area contributed by atoms with Gasteiger partial charge in [-0.3, -0.25) is 9.78 Å². The van der Waals surface area contributed by atoms with Crippen molar-refractivity contribution in [1.82, 2.24) is 24.6 Å². The van der Waals surface area contributed by atoms with Gasteiger partial charge in [-0.15, -0.1) is 0 Å². The zero-order chi connectivity index (χ0) is 20.3. The molecule has 1 saturated carbocycles. The Morgan fingerprint density at radius 3 is 2.62 bits per heavy atom. The maximum Gasteiger partial charge on any atom is 0.325 e. The second-order valence-corrected chi connectivity index (χ2v) is 7.26. The van der Waals surface area contributed by atoms with Crippen molar-refractivity contribution in [2.75, 3.05) is 0 Å². The van der Waals surface area contributed by atoms with Crippen molar-refractivity contribution in [3.8, 4) is 11.3 Å². The van der Waals surface area contributed by atoms with Gasteiger partial charge in [0.25, 0.3) is 5.56 Å². The zero-order valence-corrected chi connectivity index (χ0v) is 15.2. The number of aryl methyl sites for hydroxylation is 1. The van der Waals surface area contributed by atoms with Crippen molar-refractivity contribution in [3.63, 3.8) is 0 Å². The maximum atomic E-state index is 14.4. The summed E-state index contributed by atoms with van der Waals surface area (Å²) in [5, 5.41) is 4.38. The summed E-state index contributed by atoms with van der Waals surface area (Å²) in [5.41, 5.74) is 1.24. The van der Waals surface area contributed by atoms with Crippen molar-refractivity contribution in [1.29, 1.82) is 0 Å². The first-order valence-corrected chi connectivity index (χ1v) is 9.04. The molecule has 1 aliphatic carbocycles. The Morgan fingerprint density at radius 2 is 1.90 bits per heavy atom. The van der Waals surface area contributed by atoms with E-state index in [-0.39, 0.29) is 23.0 Å². The normalized spacial score (nSPS) is 18.3. The summed E-state index contributed by atoms with van der Waals surface area (Å²) in [7, 11) is 0. The largest absolute Gasteiger partial charge is 0.325 e. The van der Waals surface area contributed by atoms with Crippen LogP contribution in [0.4, 0.5) is 8.78 Å². The zero-order valence-electron chi connectivity index (χ0n) is 15.2. The van der Waals surface area contributed by atoms with E-state index in [1.54, 1.807) is 25.4 Å². The maximum absolute atomic E-state index is 14.4. The van der Waals surface area contributed by atoms with Crippen LogP contribution in [0.3, 0.4) is 0 Å². The topological polar surface area (TPSA) is 95.9 Å². The Morgan fingerprint density at radius 1 is 1.14 bits per heavy atom. The SMILES string of the molecule is Cc1cc(F)c([C@H]2C[C@@H]2c2cc(-c3c[nH]c(=O)[nH]c3=O)nn3ccnc23)c(F)c1. The van der Waals surface area contributed by atoms with Crippen LogP contribution in [0.5, 0.6) is 0 Å². The van der Waals surface area contributed by atoms with Gasteiger partial charge < -0.3 is 4.98 Å². The van der Waals surface area contributed by atoms with Crippen molar-refractivity contribution in [3.05, 3.63) is 86.0 Å². The minimum absolute atomic E-state index is 0.0746. The number of nitrogens with one attached hydrogen (secondary N) is 2. The fourth-order valence-electron chi connectivity index (χ4n) is 3.87. The Hall–Kier alpha value is -3.62. The number of rotatable bonds is 3. The molecule has 1 fully saturated rings. The number of aromatic nitrogens is 5. The van der Waals surface area contributed by atoms with Gasteiger partial charge >= 0.3 is 5.69 Å². The molecular formula is C20H15F2N5O2. The lowest BCUT2D eigenvalue weighted by Crippen LogP contribution is -2.23. The second-order valence-electron chi connectivity index (χ2n) is 7.26. The van der Waals surface area contributed by atoms with Gasteiger partial charge in [-0.1, -0.05) is 0 Å². The lowest BCUT2D eigenvalue weighted by Gasteiger charge is -2.09. The van der Waals surface area contributed by atoms with Crippen LogP contribution >= 0.6 is 0 Å². The third-order valence-corrected chi connectivity index (χ3v) is 5.27. The number of aromatic amines is 2. The fourth-order valence-corrected chi connectivity index (χ4v) is 3.87. The summed E-state index contributed by atoms with van der Waals surface area (Å²) in [5.74, 6) is -1.59. The lowest BCUT2D eigenvalue weighted by atomic mass is 10.0. The number of fused-ring (bicyclic) bond motifs is 1. The molecule has 0 bridgehead atoms. The first-order valence-electron chi connectivity index (χ1n) is 9.04. The molecule has 9 heteroatoms. The molecule has 3 aromatic heterocycles. The number of hydrogen-bond acceptors (Lipinski definition) is 4. The van der Waals surface area contributed by atoms with Crippen LogP contribution in [-0.4, -0.2) is 24.6 Å². The van der Waals surface area contributed by atoms with Crippen LogP contribution in [-0.2, 0) is 0 Å². The van der Waals surface area contributed by atoms with Gasteiger partial charge in [0, 0.05) is 29.7 Å². The molecule has 0 radical (unpaired) electrons. The standard InChI is InChI=1S/C20H15F2N5O2/c1-9-4-14(21)17(15(22)5-9)11-6-10(11)12-7-16(26-27-3-2-23-18(12)27)13-8-24-20(29)25-19(13)28/h2-5,7-8,10-11H,6H2,1H3,(H2,24,25,28,29)/t10-,11-/m0/s1. The molecule has 7 nitrogen and oxygen atoms in total. The van der Waals surface area contributed by atoms with Crippen LogP contribution in [0.15, 0.2) is 46.4 Å². The Bertz CT molecular complexity index is 1360. The van der Waals surface area contributed by atoms with E-state index in [2.05, 4.69) is 20.1 Å². The van der Waals surface area contributed by atoms with E-state index in [9.17, 15) is 18.4 Å². The van der Waals surface area contributed by atoms with E-state index < -0.39 is 22.9 Å². The summed E-state index contributed by atoms with van der Waals surface area (Å²) in [6.07, 6.45) is 5.05. The Balaban J connectivity index is 1.62. The minimum Gasteiger partial charge on any atom is -0.313 e. The molecule has 0 unspecified atom stereocenters. The minimum atomic E-state index is -0.615. The van der Waals surface area contributed by atoms with E-state index in [4.69, 9.17) is 0 Å². The van der Waals surface area contributed by atoms with E-state index in [1.165, 1.54) is 22.8 Å². The molecule has 29 heavy (non-hydrogen) atoms. The summed E-state index contributed by atoms with van der Waals surface area (Å²) in [6.45, 7) is 1.64. The molecule has 1 aliphatic rings. The Kier molecular flexibility index (Phi) is 3.73. The van der Waals surface area contributed by atoms with Crippen LogP contribution in [0.2, 0.25) is 0 Å². The van der Waals surface area contributed by atoms with E-state index in [0.29, 0.717) is 23.3 Å². The van der Waals surface area contributed by atoms with Crippen molar-refractivity contribution in [2.24, 2.45) is 0 Å². The van der Waals surface area contributed by atoms with Crippen molar-refractivity contribution >= 4 is 5.65 Å². The van der Waals surface area contributed by atoms with E-state index >= 15 is 0 Å². The van der Waals surface area contributed by atoms with E-state index in [1.807, 2.05) is 0 Å². The van der Waals surface area contributed by atoms with Gasteiger partial charge in [-0.05, 0) is 48.9 Å². The highest BCUT2D eigenvalue weighted by Gasteiger charge is 2.44. The van der Waals surface area contributed by atoms with Crippen LogP contribution < -0.4 is 11.2 Å². The summed E-state index contributed by atoms with van der Waals surface area (Å²) >= 11 is 0. The molecular weight excluding hydrogens is 380 g/mol. The smallest absolute Gasteiger partial charge is 0.313 e. The van der Waals surface area contributed by atoms with Gasteiger partial charge in [0.05, 0.1) is 11.3 Å². The second kappa shape index (κ2) is 6.20. The predicted octanol–water partition coefficient (Wildman–Crippen LogP) is 2.63. The van der Waals surface area contributed by atoms with Crippen molar-refractivity contribution in [2.45, 2.75) is 25.2 Å². The fraction of sp³-hybridized carbons (Fsp3) is 0.200. The predicted molar refractivity (Wildman–Crippen MR) is 101 cm³/mol. The highest BCUT2D eigenvalue weighted by Crippen LogP contribution is 2.56. The quantitative estimate of drug-likeness (QED) is 0.557. The molecule has 2 atom stereocenters. The molecule has 146 valence electrons. The first kappa shape index (κ1) is 17.5. The average Bonchev–Trinajstić information content (AvgIpc) is 3.26. The van der Waals surface area contributed by atoms with Crippen LogP contribution in [0, 0.1) is 18.6 Å². The molecule has 0 saturated heterocycles. The third-order valence-electron chi connectivity index (χ3n) is 5.27. The van der Waals surface area contributed by atoms with Crippen molar-refractivity contribution < 1.29 is 8.78 Å². The summed E-state index contributed by atoms with van der Waals surface area (Å²) in [4.78, 5) is 32.4. The number of benzene rings is 1. The molecule has 1 aromatic carbocycles. The van der Waals surface area contributed by atoms with Gasteiger partial charge in [0.1, 0.15) is 11.6 Å². The molecule has 0 spiro atoms. The highest BCUT2D eigenvalue weighted by molar-refractivity contribution is 5.63. The molecule has 5 rings (SSSR count). The van der Waals surface area contributed by atoms with Crippen LogP contribution in [0.25, 0.3) is 16.9 Å². The molecule has 0 amide bonds. The number of nitrogens with zero attached hydrogens (tertiary/aromatic N) is 3. The number of hydrogen-bond donors (Lipinski definition) is 2. The molecule has 0 aliphatic heterocycles. The van der Waals surface area contributed by atoms with Gasteiger partial charge in [-0.25, -0.2) is 23.1 Å². The van der Waals surface area contributed by atoms with Gasteiger partial charge in [-0.2, -0.15) is 5.10 Å². The van der Waals surface area contributed by atoms with Crippen LogP contribution in [0.1, 0.15) is 34.9 Å². The number of imidazole rings is 1. The van der Waals surface area contributed by atoms with E-state index in [0.717, 1.165) is 5.56 Å². The molecule has 2 N–H and O–H groups in total. The summed E-state index contributed by atoms with van der Waals surface area (Å²) in [6, 6.07) is 4.35. The van der Waals surface area contributed by atoms with Gasteiger partial charge in [0.2, 0.25) is 0 Å². The number of H-pyrrole nitrogens is 2. The molecule has 4 aromatic rings. The highest BCUT2D eigenvalue weighted by atomic mass is 19.1. The third kappa shape index (κ3) is 2.86. The molecule has 3 heterocycles. The number of halogens is 2. The average molecular weight is 395 g/mol. The monoisotopic (exact) mass is 395 g/mol. The first-order chi connectivity index (χ1) is 13.9. The Labute approximate surface area is 162 Å². The van der Waals surface area contributed by atoms with Gasteiger partial charge in [0.15, 0.2) is 5.65 Å².